The van der Waals surface area contributed by atoms with E-state index in [9.17, 15) is 0 Å². The zero-order chi connectivity index (χ0) is 13.6. The van der Waals surface area contributed by atoms with Crippen molar-refractivity contribution in [3.05, 3.63) is 0 Å². The largest absolute Gasteiger partial charge is 0.374 e. The fraction of sp³-hybridized carbons (Fsp3) is 1.00. The van der Waals surface area contributed by atoms with Crippen molar-refractivity contribution in [1.82, 2.24) is 10.3 Å². The fourth-order valence-corrected chi connectivity index (χ4v) is 2.46. The van der Waals surface area contributed by atoms with Gasteiger partial charge < -0.3 is 4.74 Å². The van der Waals surface area contributed by atoms with E-state index in [-0.39, 0.29) is 12.1 Å². The second-order valence-corrected chi connectivity index (χ2v) is 6.58. The first-order valence-electron chi connectivity index (χ1n) is 7.26. The van der Waals surface area contributed by atoms with Gasteiger partial charge in [-0.05, 0) is 31.2 Å². The number of morpholine rings is 1. The average Bonchev–Trinajstić information content (AvgIpc) is 2.29. The van der Waals surface area contributed by atoms with Gasteiger partial charge in [0.05, 0.1) is 12.7 Å². The lowest BCUT2D eigenvalue weighted by Gasteiger charge is -2.37. The van der Waals surface area contributed by atoms with E-state index < -0.39 is 0 Å². The summed E-state index contributed by atoms with van der Waals surface area (Å²) >= 11 is 0. The molecule has 1 saturated heterocycles. The number of nitrogens with two attached hydrogens (primary N) is 1. The van der Waals surface area contributed by atoms with Crippen molar-refractivity contribution in [2.75, 3.05) is 26.2 Å². The zero-order valence-corrected chi connectivity index (χ0v) is 12.5. The Balaban J connectivity index is 2.43. The van der Waals surface area contributed by atoms with Gasteiger partial charge in [-0.25, -0.2) is 0 Å². The maximum absolute atomic E-state index is 5.89. The summed E-state index contributed by atoms with van der Waals surface area (Å²) in [5.74, 6) is 5.70. The number of hydrazine groups is 1. The predicted octanol–water partition coefficient (Wildman–Crippen LogP) is 1.76. The van der Waals surface area contributed by atoms with Crippen LogP contribution in [0.3, 0.4) is 0 Å². The van der Waals surface area contributed by atoms with E-state index in [4.69, 9.17) is 10.6 Å². The number of rotatable bonds is 6. The van der Waals surface area contributed by atoms with Crippen LogP contribution in [0.1, 0.15) is 47.0 Å². The molecule has 3 N–H and O–H groups in total. The summed E-state index contributed by atoms with van der Waals surface area (Å²) in [5, 5.41) is 0. The van der Waals surface area contributed by atoms with Crippen LogP contribution in [0.4, 0.5) is 0 Å². The summed E-state index contributed by atoms with van der Waals surface area (Å²) in [6.07, 6.45) is 3.67. The molecule has 1 fully saturated rings. The van der Waals surface area contributed by atoms with Gasteiger partial charge in [0.15, 0.2) is 0 Å². The quantitative estimate of drug-likeness (QED) is 0.562. The van der Waals surface area contributed by atoms with Crippen molar-refractivity contribution in [2.45, 2.75) is 59.1 Å². The summed E-state index contributed by atoms with van der Waals surface area (Å²) in [4.78, 5) is 2.48. The third-order valence-electron chi connectivity index (χ3n) is 3.59. The highest BCUT2D eigenvalue weighted by atomic mass is 16.5. The summed E-state index contributed by atoms with van der Waals surface area (Å²) in [6, 6.07) is 0.267. The maximum Gasteiger partial charge on any atom is 0.0868 e. The van der Waals surface area contributed by atoms with E-state index in [1.807, 2.05) is 0 Å². The molecule has 0 saturated carbocycles. The summed E-state index contributed by atoms with van der Waals surface area (Å²) in [5.41, 5.74) is 3.31. The summed E-state index contributed by atoms with van der Waals surface area (Å²) in [6.45, 7) is 13.1. The normalized spacial score (nSPS) is 24.2. The van der Waals surface area contributed by atoms with Gasteiger partial charge in [0.25, 0.3) is 0 Å². The van der Waals surface area contributed by atoms with Gasteiger partial charge in [0, 0.05) is 19.1 Å². The van der Waals surface area contributed by atoms with Gasteiger partial charge in [-0.2, -0.15) is 0 Å². The SMILES string of the molecule is CCCN1CCOC(C(CCC(C)(C)C)NN)C1. The Labute approximate surface area is 112 Å². The minimum absolute atomic E-state index is 0.234. The Morgan fingerprint density at radius 1 is 1.44 bits per heavy atom. The molecule has 4 nitrogen and oxygen atoms in total. The lowest BCUT2D eigenvalue weighted by atomic mass is 9.87. The van der Waals surface area contributed by atoms with Crippen molar-refractivity contribution >= 4 is 0 Å². The molecule has 0 spiro atoms. The van der Waals surface area contributed by atoms with Crippen LogP contribution in [0.25, 0.3) is 0 Å². The number of hydrogen-bond donors (Lipinski definition) is 2. The van der Waals surface area contributed by atoms with Crippen LogP contribution in [0, 0.1) is 5.41 Å². The predicted molar refractivity (Wildman–Crippen MR) is 76.3 cm³/mol. The van der Waals surface area contributed by atoms with E-state index in [1.54, 1.807) is 0 Å². The lowest BCUT2D eigenvalue weighted by Crippen LogP contribution is -2.54. The molecular formula is C14H31N3O. The molecule has 2 unspecified atom stereocenters. The van der Waals surface area contributed by atoms with Crippen LogP contribution in [-0.2, 0) is 4.74 Å². The Morgan fingerprint density at radius 2 is 2.17 bits per heavy atom. The van der Waals surface area contributed by atoms with Crippen LogP contribution in [0.15, 0.2) is 0 Å². The van der Waals surface area contributed by atoms with Crippen molar-refractivity contribution in [3.63, 3.8) is 0 Å². The van der Waals surface area contributed by atoms with E-state index in [0.29, 0.717) is 5.41 Å². The van der Waals surface area contributed by atoms with E-state index in [2.05, 4.69) is 38.0 Å². The monoisotopic (exact) mass is 257 g/mol. The van der Waals surface area contributed by atoms with Gasteiger partial charge in [-0.1, -0.05) is 27.7 Å². The van der Waals surface area contributed by atoms with Gasteiger partial charge in [-0.15, -0.1) is 0 Å². The number of hydrogen-bond acceptors (Lipinski definition) is 4. The molecule has 2 atom stereocenters. The summed E-state index contributed by atoms with van der Waals surface area (Å²) in [7, 11) is 0. The first kappa shape index (κ1) is 15.9. The molecule has 1 aliphatic rings. The third kappa shape index (κ3) is 5.65. The molecule has 0 amide bonds. The van der Waals surface area contributed by atoms with Crippen LogP contribution in [0.2, 0.25) is 0 Å². The van der Waals surface area contributed by atoms with Gasteiger partial charge >= 0.3 is 0 Å². The number of nitrogens with zero attached hydrogens (tertiary/aromatic N) is 1. The first-order chi connectivity index (χ1) is 8.46. The van der Waals surface area contributed by atoms with Crippen molar-refractivity contribution in [3.8, 4) is 0 Å². The van der Waals surface area contributed by atoms with Crippen LogP contribution in [0.5, 0.6) is 0 Å². The smallest absolute Gasteiger partial charge is 0.0868 e. The van der Waals surface area contributed by atoms with Crippen molar-refractivity contribution in [1.29, 1.82) is 0 Å². The molecule has 18 heavy (non-hydrogen) atoms. The Kier molecular flexibility index (Phi) is 6.57. The number of ether oxygens (including phenoxy) is 1. The minimum atomic E-state index is 0.234. The molecule has 0 aromatic carbocycles. The van der Waals surface area contributed by atoms with Gasteiger partial charge in [-0.3, -0.25) is 16.2 Å². The second kappa shape index (κ2) is 7.43. The standard InChI is InChI=1S/C14H31N3O/c1-5-8-17-9-10-18-13(11-17)12(16-15)6-7-14(2,3)4/h12-13,16H,5-11,15H2,1-4H3. The zero-order valence-electron chi connectivity index (χ0n) is 12.5. The molecule has 0 aromatic heterocycles. The molecule has 0 radical (unpaired) electrons. The van der Waals surface area contributed by atoms with E-state index in [0.717, 1.165) is 39.1 Å². The molecule has 0 bridgehead atoms. The molecule has 108 valence electrons. The van der Waals surface area contributed by atoms with Gasteiger partial charge in [0.1, 0.15) is 0 Å². The highest BCUT2D eigenvalue weighted by molar-refractivity contribution is 4.83. The highest BCUT2D eigenvalue weighted by Crippen LogP contribution is 2.23. The number of nitrogens with one attached hydrogen (secondary N) is 1. The fourth-order valence-electron chi connectivity index (χ4n) is 2.46. The minimum Gasteiger partial charge on any atom is -0.374 e. The molecule has 1 aliphatic heterocycles. The maximum atomic E-state index is 5.89. The topological polar surface area (TPSA) is 50.5 Å². The average molecular weight is 257 g/mol. The van der Waals surface area contributed by atoms with E-state index in [1.165, 1.54) is 6.42 Å². The van der Waals surface area contributed by atoms with Crippen molar-refractivity contribution in [2.24, 2.45) is 11.3 Å². The van der Waals surface area contributed by atoms with Crippen molar-refractivity contribution < 1.29 is 4.74 Å². The Hall–Kier alpha value is -0.160. The molecule has 1 rings (SSSR count). The Morgan fingerprint density at radius 3 is 2.72 bits per heavy atom. The highest BCUT2D eigenvalue weighted by Gasteiger charge is 2.28. The molecule has 0 aliphatic carbocycles. The van der Waals surface area contributed by atoms with Crippen LogP contribution in [-0.4, -0.2) is 43.3 Å². The second-order valence-electron chi connectivity index (χ2n) is 6.58. The summed E-state index contributed by atoms with van der Waals surface area (Å²) < 4.78 is 5.89. The van der Waals surface area contributed by atoms with Crippen LogP contribution >= 0.6 is 0 Å². The van der Waals surface area contributed by atoms with Crippen LogP contribution < -0.4 is 11.3 Å². The van der Waals surface area contributed by atoms with E-state index >= 15 is 0 Å². The van der Waals surface area contributed by atoms with Gasteiger partial charge in [0.2, 0.25) is 0 Å². The lowest BCUT2D eigenvalue weighted by molar-refractivity contribution is -0.0489. The molecule has 1 heterocycles. The Bertz CT molecular complexity index is 226. The molecule has 0 aromatic rings. The first-order valence-corrected chi connectivity index (χ1v) is 7.26. The molecular weight excluding hydrogens is 226 g/mol. The molecule has 4 heteroatoms. The third-order valence-corrected chi connectivity index (χ3v) is 3.59.